The summed E-state index contributed by atoms with van der Waals surface area (Å²) in [5.41, 5.74) is 0.610. The molecule has 0 saturated carbocycles. The third kappa shape index (κ3) is 5.73. The summed E-state index contributed by atoms with van der Waals surface area (Å²) >= 11 is 0. The SMILES string of the molecule is COCCNC(=O)/C(C#N)=C/c1ccc(OC(=O)c2cccc([N+](=O)[O-])c2C)cc1. The second kappa shape index (κ2) is 10.5. The second-order valence-corrected chi connectivity index (χ2v) is 6.08. The van der Waals surface area contributed by atoms with E-state index >= 15 is 0 Å². The topological polar surface area (TPSA) is 132 Å². The van der Waals surface area contributed by atoms with Crippen LogP contribution in [0.4, 0.5) is 5.69 Å². The van der Waals surface area contributed by atoms with E-state index in [2.05, 4.69) is 5.32 Å². The molecule has 2 aromatic carbocycles. The Kier molecular flexibility index (Phi) is 7.79. The first-order chi connectivity index (χ1) is 14.4. The molecule has 30 heavy (non-hydrogen) atoms. The summed E-state index contributed by atoms with van der Waals surface area (Å²) in [4.78, 5) is 34.8. The van der Waals surface area contributed by atoms with Gasteiger partial charge in [0.25, 0.3) is 11.6 Å². The zero-order valence-electron chi connectivity index (χ0n) is 16.4. The summed E-state index contributed by atoms with van der Waals surface area (Å²) in [6, 6.07) is 12.1. The molecule has 9 nitrogen and oxygen atoms in total. The highest BCUT2D eigenvalue weighted by atomic mass is 16.6. The Morgan fingerprint density at radius 2 is 1.93 bits per heavy atom. The summed E-state index contributed by atoms with van der Waals surface area (Å²) in [6.45, 7) is 2.08. The number of esters is 1. The number of nitriles is 1. The number of methoxy groups -OCH3 is 1. The predicted octanol–water partition coefficient (Wildman–Crippen LogP) is 2.79. The number of benzene rings is 2. The van der Waals surface area contributed by atoms with E-state index in [-0.39, 0.29) is 34.7 Å². The lowest BCUT2D eigenvalue weighted by Crippen LogP contribution is -2.27. The van der Waals surface area contributed by atoms with E-state index in [1.807, 2.05) is 6.07 Å². The largest absolute Gasteiger partial charge is 0.423 e. The van der Waals surface area contributed by atoms with Gasteiger partial charge in [0, 0.05) is 25.3 Å². The van der Waals surface area contributed by atoms with Crippen LogP contribution in [0.2, 0.25) is 0 Å². The van der Waals surface area contributed by atoms with Crippen molar-refractivity contribution in [2.24, 2.45) is 0 Å². The zero-order chi connectivity index (χ0) is 22.1. The number of ether oxygens (including phenoxy) is 2. The molecule has 0 aliphatic carbocycles. The van der Waals surface area contributed by atoms with Gasteiger partial charge in [-0.15, -0.1) is 0 Å². The Morgan fingerprint density at radius 3 is 2.53 bits per heavy atom. The molecule has 0 aliphatic heterocycles. The Hall–Kier alpha value is -4.03. The van der Waals surface area contributed by atoms with Crippen molar-refractivity contribution < 1.29 is 24.0 Å². The lowest BCUT2D eigenvalue weighted by molar-refractivity contribution is -0.385. The number of carbonyl (C=O) groups excluding carboxylic acids is 2. The quantitative estimate of drug-likeness (QED) is 0.135. The number of nitro groups is 1. The van der Waals surface area contributed by atoms with Crippen LogP contribution in [0.25, 0.3) is 6.08 Å². The molecule has 0 aliphatic rings. The van der Waals surface area contributed by atoms with Gasteiger partial charge < -0.3 is 14.8 Å². The molecule has 0 heterocycles. The van der Waals surface area contributed by atoms with Crippen LogP contribution in [0.5, 0.6) is 5.75 Å². The van der Waals surface area contributed by atoms with Crippen molar-refractivity contribution in [2.45, 2.75) is 6.92 Å². The Balaban J connectivity index is 2.12. The summed E-state index contributed by atoms with van der Waals surface area (Å²) in [7, 11) is 1.50. The average molecular weight is 409 g/mol. The van der Waals surface area contributed by atoms with E-state index in [1.54, 1.807) is 12.1 Å². The lowest BCUT2D eigenvalue weighted by atomic mass is 10.1. The number of rotatable bonds is 8. The standard InChI is InChI=1S/C21H19N3O6/c1-14-18(4-3-5-19(14)24(27)28)21(26)30-17-8-6-15(7-9-17)12-16(13-22)20(25)23-10-11-29-2/h3-9,12H,10-11H2,1-2H3,(H,23,25)/b16-12+. The van der Waals surface area contributed by atoms with Crippen molar-refractivity contribution >= 4 is 23.6 Å². The molecule has 0 fully saturated rings. The van der Waals surface area contributed by atoms with Crippen LogP contribution >= 0.6 is 0 Å². The fourth-order valence-electron chi connectivity index (χ4n) is 2.51. The molecule has 9 heteroatoms. The van der Waals surface area contributed by atoms with Crippen molar-refractivity contribution in [3.8, 4) is 11.8 Å². The number of carbonyl (C=O) groups is 2. The molecule has 0 aromatic heterocycles. The molecule has 154 valence electrons. The molecule has 2 rings (SSSR count). The van der Waals surface area contributed by atoms with Crippen molar-refractivity contribution in [3.05, 3.63) is 74.8 Å². The lowest BCUT2D eigenvalue weighted by Gasteiger charge is -2.07. The van der Waals surface area contributed by atoms with Crippen LogP contribution in [0.1, 0.15) is 21.5 Å². The minimum absolute atomic E-state index is 0.0805. The smallest absolute Gasteiger partial charge is 0.344 e. The molecule has 0 spiro atoms. The van der Waals surface area contributed by atoms with E-state index in [0.717, 1.165) is 0 Å². The van der Waals surface area contributed by atoms with E-state index < -0.39 is 16.8 Å². The predicted molar refractivity (Wildman–Crippen MR) is 108 cm³/mol. The monoisotopic (exact) mass is 409 g/mol. The van der Waals surface area contributed by atoms with Crippen LogP contribution in [0.3, 0.4) is 0 Å². The third-order valence-electron chi connectivity index (χ3n) is 4.08. The average Bonchev–Trinajstić information content (AvgIpc) is 2.73. The van der Waals surface area contributed by atoms with Crippen LogP contribution in [-0.4, -0.2) is 37.1 Å². The third-order valence-corrected chi connectivity index (χ3v) is 4.08. The van der Waals surface area contributed by atoms with Crippen LogP contribution in [0.15, 0.2) is 48.0 Å². The van der Waals surface area contributed by atoms with Crippen molar-refractivity contribution in [2.75, 3.05) is 20.3 Å². The van der Waals surface area contributed by atoms with E-state index in [9.17, 15) is 25.0 Å². The normalized spacial score (nSPS) is 10.8. The Morgan fingerprint density at radius 1 is 1.23 bits per heavy atom. The molecule has 1 N–H and O–H groups in total. The minimum Gasteiger partial charge on any atom is -0.423 e. The number of nitrogens with one attached hydrogen (secondary N) is 1. The Bertz CT molecular complexity index is 1020. The van der Waals surface area contributed by atoms with Gasteiger partial charge >= 0.3 is 5.97 Å². The van der Waals surface area contributed by atoms with Crippen LogP contribution < -0.4 is 10.1 Å². The number of amides is 1. The highest BCUT2D eigenvalue weighted by Gasteiger charge is 2.19. The van der Waals surface area contributed by atoms with Gasteiger partial charge in [-0.2, -0.15) is 5.26 Å². The first-order valence-electron chi connectivity index (χ1n) is 8.82. The summed E-state index contributed by atoms with van der Waals surface area (Å²) < 4.78 is 10.1. The summed E-state index contributed by atoms with van der Waals surface area (Å²) in [5.74, 6) is -1.04. The fourth-order valence-corrected chi connectivity index (χ4v) is 2.51. The van der Waals surface area contributed by atoms with Gasteiger partial charge in [0.1, 0.15) is 17.4 Å². The van der Waals surface area contributed by atoms with Gasteiger partial charge in [0.15, 0.2) is 0 Å². The molecular weight excluding hydrogens is 390 g/mol. The summed E-state index contributed by atoms with van der Waals surface area (Å²) in [5, 5.41) is 22.7. The molecule has 1 amide bonds. The number of nitro benzene ring substituents is 1. The maximum atomic E-state index is 12.4. The van der Waals surface area contributed by atoms with Crippen molar-refractivity contribution in [3.63, 3.8) is 0 Å². The first kappa shape index (κ1) is 22.3. The molecule has 0 unspecified atom stereocenters. The minimum atomic E-state index is -0.727. The van der Waals surface area contributed by atoms with Gasteiger partial charge in [-0.1, -0.05) is 18.2 Å². The highest BCUT2D eigenvalue weighted by molar-refractivity contribution is 6.01. The number of hydrogen-bond acceptors (Lipinski definition) is 7. The molecule has 0 radical (unpaired) electrons. The fraction of sp³-hybridized carbons (Fsp3) is 0.190. The second-order valence-electron chi connectivity index (χ2n) is 6.08. The van der Waals surface area contributed by atoms with E-state index in [4.69, 9.17) is 9.47 Å². The molecule has 0 saturated heterocycles. The summed E-state index contributed by atoms with van der Waals surface area (Å²) in [6.07, 6.45) is 1.40. The van der Waals surface area contributed by atoms with Crippen LogP contribution in [-0.2, 0) is 9.53 Å². The van der Waals surface area contributed by atoms with Crippen molar-refractivity contribution in [1.82, 2.24) is 5.32 Å². The highest BCUT2D eigenvalue weighted by Crippen LogP contribution is 2.23. The maximum Gasteiger partial charge on any atom is 0.344 e. The molecule has 2 aromatic rings. The molecule has 0 atom stereocenters. The van der Waals surface area contributed by atoms with Gasteiger partial charge in [-0.25, -0.2) is 4.79 Å². The van der Waals surface area contributed by atoms with Gasteiger partial charge in [0.2, 0.25) is 0 Å². The number of hydrogen-bond donors (Lipinski definition) is 1. The molecular formula is C21H19N3O6. The Labute approximate surface area is 172 Å². The molecule has 0 bridgehead atoms. The van der Waals surface area contributed by atoms with E-state index in [1.165, 1.54) is 50.4 Å². The van der Waals surface area contributed by atoms with Gasteiger partial charge in [0.05, 0.1) is 17.1 Å². The van der Waals surface area contributed by atoms with Crippen LogP contribution in [0, 0.1) is 28.4 Å². The first-order valence-corrected chi connectivity index (χ1v) is 8.82. The van der Waals surface area contributed by atoms with Crippen molar-refractivity contribution in [1.29, 1.82) is 5.26 Å². The van der Waals surface area contributed by atoms with Gasteiger partial charge in [-0.05, 0) is 36.8 Å². The number of nitrogens with zero attached hydrogens (tertiary/aromatic N) is 2. The zero-order valence-corrected chi connectivity index (χ0v) is 16.4. The maximum absolute atomic E-state index is 12.4. The van der Waals surface area contributed by atoms with E-state index in [0.29, 0.717) is 12.2 Å². The van der Waals surface area contributed by atoms with Gasteiger partial charge in [-0.3, -0.25) is 14.9 Å².